The number of halogens is 1. The number of nitrogens with two attached hydrogens (primary N) is 1. The summed E-state index contributed by atoms with van der Waals surface area (Å²) in [6, 6.07) is 0.0925. The zero-order valence-electron chi connectivity index (χ0n) is 6.64. The molecule has 2 atom stereocenters. The molecule has 1 fully saturated rings. The molecular weight excluding hydrogens is 184 g/mol. The maximum absolute atomic E-state index is 9.81. The third-order valence-corrected chi connectivity index (χ3v) is 2.11. The van der Waals surface area contributed by atoms with Crippen LogP contribution in [0.1, 0.15) is 19.3 Å². The monoisotopic (exact) mass is 196 g/mol. The molecule has 0 aromatic heterocycles. The summed E-state index contributed by atoms with van der Waals surface area (Å²) >= 11 is 0. The van der Waals surface area contributed by atoms with Crippen molar-refractivity contribution in [3.05, 3.63) is 10.1 Å². The molecule has 1 aliphatic carbocycles. The number of nitrogens with zero attached hydrogens (tertiary/aromatic N) is 1. The van der Waals surface area contributed by atoms with Gasteiger partial charge in [0.05, 0.1) is 0 Å². The predicted molar refractivity (Wildman–Crippen MR) is 45.5 cm³/mol. The Morgan fingerprint density at radius 1 is 1.58 bits per heavy atom. The molecule has 0 aliphatic heterocycles. The van der Waals surface area contributed by atoms with Gasteiger partial charge in [-0.3, -0.25) is 0 Å². The molecule has 2 unspecified atom stereocenters. The molecule has 0 aromatic rings. The Labute approximate surface area is 76.8 Å². The average Bonchev–Trinajstić information content (AvgIpc) is 2.31. The van der Waals surface area contributed by atoms with E-state index in [1.807, 2.05) is 0 Å². The van der Waals surface area contributed by atoms with E-state index >= 15 is 0 Å². The Hall–Kier alpha value is -0.550. The fraction of sp³-hybridized carbons (Fsp3) is 1.00. The second-order valence-electron chi connectivity index (χ2n) is 2.87. The maximum atomic E-state index is 9.81. The average molecular weight is 197 g/mol. The molecule has 0 heterocycles. The summed E-state index contributed by atoms with van der Waals surface area (Å²) in [5, 5.41) is 9.05. The van der Waals surface area contributed by atoms with Gasteiger partial charge in [-0.2, -0.15) is 0 Å². The van der Waals surface area contributed by atoms with E-state index < -0.39 is 5.09 Å². The maximum Gasteiger partial charge on any atom is 0.294 e. The summed E-state index contributed by atoms with van der Waals surface area (Å²) in [4.78, 5) is 14.0. The van der Waals surface area contributed by atoms with Gasteiger partial charge in [0.15, 0.2) is 0 Å². The molecule has 5 nitrogen and oxygen atoms in total. The molecular formula is C6H13ClN2O3. The van der Waals surface area contributed by atoms with Gasteiger partial charge in [0.1, 0.15) is 6.61 Å². The first-order chi connectivity index (χ1) is 5.20. The first kappa shape index (κ1) is 11.4. The lowest BCUT2D eigenvalue weighted by Crippen LogP contribution is -2.28. The van der Waals surface area contributed by atoms with Crippen LogP contribution in [0.2, 0.25) is 0 Å². The fourth-order valence-corrected chi connectivity index (χ4v) is 1.43. The molecule has 1 saturated carbocycles. The van der Waals surface area contributed by atoms with Crippen molar-refractivity contribution >= 4 is 12.4 Å². The van der Waals surface area contributed by atoms with Crippen LogP contribution in [0.25, 0.3) is 0 Å². The molecule has 0 bridgehead atoms. The van der Waals surface area contributed by atoms with Crippen LogP contribution in [0.5, 0.6) is 0 Å². The minimum absolute atomic E-state index is 0. The van der Waals surface area contributed by atoms with Crippen molar-refractivity contribution in [2.75, 3.05) is 6.61 Å². The molecule has 0 radical (unpaired) electrons. The molecule has 0 spiro atoms. The summed E-state index contributed by atoms with van der Waals surface area (Å²) < 4.78 is 0. The van der Waals surface area contributed by atoms with Crippen molar-refractivity contribution in [2.24, 2.45) is 11.7 Å². The van der Waals surface area contributed by atoms with Gasteiger partial charge in [-0.1, -0.05) is 6.42 Å². The smallest absolute Gasteiger partial charge is 0.294 e. The van der Waals surface area contributed by atoms with Crippen molar-refractivity contribution in [2.45, 2.75) is 25.3 Å². The summed E-state index contributed by atoms with van der Waals surface area (Å²) in [5.41, 5.74) is 5.66. The van der Waals surface area contributed by atoms with E-state index in [-0.39, 0.29) is 31.0 Å². The van der Waals surface area contributed by atoms with Crippen LogP contribution < -0.4 is 5.73 Å². The lowest BCUT2D eigenvalue weighted by Gasteiger charge is -2.12. The van der Waals surface area contributed by atoms with Crippen molar-refractivity contribution < 1.29 is 9.92 Å². The van der Waals surface area contributed by atoms with Crippen LogP contribution in [-0.4, -0.2) is 17.7 Å². The molecule has 0 saturated heterocycles. The highest BCUT2D eigenvalue weighted by Crippen LogP contribution is 2.23. The Kier molecular flexibility index (Phi) is 4.92. The Morgan fingerprint density at radius 2 is 2.25 bits per heavy atom. The molecule has 2 N–H and O–H groups in total. The Morgan fingerprint density at radius 3 is 2.67 bits per heavy atom. The SMILES string of the molecule is Cl.NC1CCCC1CO[N+](=O)[O-]. The van der Waals surface area contributed by atoms with Crippen molar-refractivity contribution in [1.29, 1.82) is 0 Å². The van der Waals surface area contributed by atoms with E-state index in [9.17, 15) is 10.1 Å². The van der Waals surface area contributed by atoms with E-state index in [4.69, 9.17) is 5.73 Å². The van der Waals surface area contributed by atoms with E-state index in [0.717, 1.165) is 19.3 Å². The Bertz CT molecular complexity index is 156. The van der Waals surface area contributed by atoms with Gasteiger partial charge >= 0.3 is 0 Å². The topological polar surface area (TPSA) is 78.4 Å². The van der Waals surface area contributed by atoms with Gasteiger partial charge in [-0.25, -0.2) is 0 Å². The van der Waals surface area contributed by atoms with Gasteiger partial charge in [-0.15, -0.1) is 22.5 Å². The number of hydrogen-bond acceptors (Lipinski definition) is 4. The number of rotatable bonds is 3. The largest absolute Gasteiger partial charge is 0.327 e. The zero-order chi connectivity index (χ0) is 8.27. The molecule has 72 valence electrons. The van der Waals surface area contributed by atoms with Crippen LogP contribution in [0.4, 0.5) is 0 Å². The third-order valence-electron chi connectivity index (χ3n) is 2.11. The van der Waals surface area contributed by atoms with Crippen LogP contribution in [0.15, 0.2) is 0 Å². The van der Waals surface area contributed by atoms with Crippen molar-refractivity contribution in [3.8, 4) is 0 Å². The molecule has 1 rings (SSSR count). The summed E-state index contributed by atoms with van der Waals surface area (Å²) in [6.07, 6.45) is 2.98. The van der Waals surface area contributed by atoms with E-state index in [2.05, 4.69) is 4.84 Å². The second-order valence-corrected chi connectivity index (χ2v) is 2.87. The second kappa shape index (κ2) is 5.16. The van der Waals surface area contributed by atoms with Gasteiger partial charge in [0.25, 0.3) is 5.09 Å². The van der Waals surface area contributed by atoms with Crippen LogP contribution >= 0.6 is 12.4 Å². The highest BCUT2D eigenvalue weighted by molar-refractivity contribution is 5.85. The first-order valence-corrected chi connectivity index (χ1v) is 3.73. The normalized spacial score (nSPS) is 27.8. The zero-order valence-corrected chi connectivity index (χ0v) is 7.46. The summed E-state index contributed by atoms with van der Waals surface area (Å²) in [6.45, 7) is 0.161. The summed E-state index contributed by atoms with van der Waals surface area (Å²) in [7, 11) is 0. The van der Waals surface area contributed by atoms with E-state index in [0.29, 0.717) is 0 Å². The van der Waals surface area contributed by atoms with Crippen LogP contribution in [0, 0.1) is 16.0 Å². The van der Waals surface area contributed by atoms with Crippen LogP contribution in [-0.2, 0) is 4.84 Å². The lowest BCUT2D eigenvalue weighted by molar-refractivity contribution is -0.759. The van der Waals surface area contributed by atoms with E-state index in [1.54, 1.807) is 0 Å². The van der Waals surface area contributed by atoms with Crippen LogP contribution in [0.3, 0.4) is 0 Å². The molecule has 6 heteroatoms. The highest BCUT2D eigenvalue weighted by atomic mass is 35.5. The fourth-order valence-electron chi connectivity index (χ4n) is 1.43. The first-order valence-electron chi connectivity index (χ1n) is 3.73. The third kappa shape index (κ3) is 3.23. The standard InChI is InChI=1S/C6H12N2O3.ClH/c7-6-3-1-2-5(6)4-11-8(9)10;/h5-6H,1-4,7H2;1H. The molecule has 0 aromatic carbocycles. The number of hydrogen-bond donors (Lipinski definition) is 1. The van der Waals surface area contributed by atoms with Crippen molar-refractivity contribution in [1.82, 2.24) is 0 Å². The van der Waals surface area contributed by atoms with Crippen molar-refractivity contribution in [3.63, 3.8) is 0 Å². The minimum Gasteiger partial charge on any atom is -0.327 e. The van der Waals surface area contributed by atoms with Gasteiger partial charge in [0.2, 0.25) is 0 Å². The quantitative estimate of drug-likeness (QED) is 0.534. The summed E-state index contributed by atoms with van der Waals surface area (Å²) in [5.74, 6) is 0.181. The molecule has 12 heavy (non-hydrogen) atoms. The van der Waals surface area contributed by atoms with Gasteiger partial charge in [0, 0.05) is 6.04 Å². The predicted octanol–water partition coefficient (Wildman–Crippen LogP) is 0.744. The van der Waals surface area contributed by atoms with Gasteiger partial charge < -0.3 is 10.6 Å². The minimum atomic E-state index is -0.759. The molecule has 0 amide bonds. The molecule has 1 aliphatic rings. The van der Waals surface area contributed by atoms with E-state index in [1.165, 1.54) is 0 Å². The van der Waals surface area contributed by atoms with Gasteiger partial charge in [-0.05, 0) is 18.8 Å². The lowest BCUT2D eigenvalue weighted by atomic mass is 10.1. The highest BCUT2D eigenvalue weighted by Gasteiger charge is 2.24. The Balaban J connectivity index is 0.00000121.